The van der Waals surface area contributed by atoms with Gasteiger partial charge in [-0.3, -0.25) is 4.90 Å². The molecule has 0 radical (unpaired) electrons. The first-order valence-electron chi connectivity index (χ1n) is 7.76. The van der Waals surface area contributed by atoms with Crippen molar-refractivity contribution in [2.45, 2.75) is 45.7 Å². The van der Waals surface area contributed by atoms with Gasteiger partial charge in [-0.05, 0) is 46.3 Å². The molecule has 1 aromatic carbocycles. The van der Waals surface area contributed by atoms with Crippen LogP contribution in [0.5, 0.6) is 5.75 Å². The number of rotatable bonds is 3. The topological polar surface area (TPSA) is 26.7 Å². The number of benzene rings is 1. The number of nitrogens with zero attached hydrogens (tertiary/aromatic N) is 2. The molecule has 3 heteroatoms. The summed E-state index contributed by atoms with van der Waals surface area (Å²) in [7, 11) is 2.21. The summed E-state index contributed by atoms with van der Waals surface area (Å²) in [4.78, 5) is 5.00. The first kappa shape index (κ1) is 15.3. The van der Waals surface area contributed by atoms with Crippen molar-refractivity contribution in [1.82, 2.24) is 9.80 Å². The summed E-state index contributed by atoms with van der Waals surface area (Å²) in [5, 5.41) is 10.2. The van der Waals surface area contributed by atoms with Gasteiger partial charge in [-0.15, -0.1) is 0 Å². The molecule has 0 aromatic heterocycles. The molecule has 1 aromatic rings. The van der Waals surface area contributed by atoms with Crippen molar-refractivity contribution in [2.24, 2.45) is 0 Å². The smallest absolute Gasteiger partial charge is 0.120 e. The van der Waals surface area contributed by atoms with E-state index >= 15 is 0 Å². The average molecular weight is 276 g/mol. The second-order valence-corrected chi connectivity index (χ2v) is 6.15. The average Bonchev–Trinajstić information content (AvgIpc) is 2.62. The van der Waals surface area contributed by atoms with Crippen LogP contribution < -0.4 is 0 Å². The number of aromatic hydroxyl groups is 1. The molecule has 0 saturated carbocycles. The molecule has 1 aliphatic rings. The van der Waals surface area contributed by atoms with Crippen molar-refractivity contribution in [2.75, 3.05) is 26.7 Å². The predicted molar refractivity (Wildman–Crippen MR) is 84.2 cm³/mol. The van der Waals surface area contributed by atoms with Gasteiger partial charge in [-0.25, -0.2) is 0 Å². The number of likely N-dealkylation sites (N-methyl/N-ethyl adjacent to an activating group) is 1. The van der Waals surface area contributed by atoms with Crippen molar-refractivity contribution in [3.8, 4) is 5.75 Å². The number of aryl methyl sites for hydroxylation is 1. The van der Waals surface area contributed by atoms with E-state index in [0.29, 0.717) is 11.8 Å². The second kappa shape index (κ2) is 6.59. The lowest BCUT2D eigenvalue weighted by Gasteiger charge is -2.35. The van der Waals surface area contributed by atoms with Crippen molar-refractivity contribution < 1.29 is 5.11 Å². The van der Waals surface area contributed by atoms with E-state index in [-0.39, 0.29) is 6.04 Å². The second-order valence-electron chi connectivity index (χ2n) is 6.15. The molecule has 112 valence electrons. The number of phenolic OH excluding ortho intramolecular Hbond substituents is 1. The zero-order valence-corrected chi connectivity index (χ0v) is 13.3. The molecule has 0 aliphatic carbocycles. The largest absolute Gasteiger partial charge is 0.508 e. The monoisotopic (exact) mass is 276 g/mol. The Labute approximate surface area is 123 Å². The molecule has 3 nitrogen and oxygen atoms in total. The van der Waals surface area contributed by atoms with E-state index in [2.05, 4.69) is 43.7 Å². The highest BCUT2D eigenvalue weighted by molar-refractivity contribution is 5.37. The van der Waals surface area contributed by atoms with Crippen LogP contribution in [0.15, 0.2) is 18.2 Å². The molecule has 20 heavy (non-hydrogen) atoms. The maximum Gasteiger partial charge on any atom is 0.120 e. The van der Waals surface area contributed by atoms with Crippen LogP contribution in [0.25, 0.3) is 0 Å². The summed E-state index contributed by atoms with van der Waals surface area (Å²) in [5.41, 5.74) is 2.28. The predicted octanol–water partition coefficient (Wildman–Crippen LogP) is 3.18. The molecular formula is C17H28N2O. The van der Waals surface area contributed by atoms with Crippen molar-refractivity contribution in [1.29, 1.82) is 0 Å². The number of hydrogen-bond donors (Lipinski definition) is 1. The molecule has 2 rings (SSSR count). The maximum atomic E-state index is 10.2. The van der Waals surface area contributed by atoms with Crippen LogP contribution in [0.3, 0.4) is 0 Å². The summed E-state index contributed by atoms with van der Waals surface area (Å²) in [6.45, 7) is 9.97. The Hall–Kier alpha value is -1.06. The lowest BCUT2D eigenvalue weighted by molar-refractivity contribution is 0.135. The van der Waals surface area contributed by atoms with Crippen LogP contribution in [0.2, 0.25) is 0 Å². The minimum atomic E-state index is 0.270. The van der Waals surface area contributed by atoms with E-state index in [1.165, 1.54) is 18.5 Å². The third-order valence-corrected chi connectivity index (χ3v) is 4.55. The molecular weight excluding hydrogens is 248 g/mol. The molecule has 0 amide bonds. The van der Waals surface area contributed by atoms with Gasteiger partial charge in [-0.1, -0.05) is 24.6 Å². The molecule has 0 spiro atoms. The Morgan fingerprint density at radius 3 is 2.80 bits per heavy atom. The molecule has 1 aliphatic heterocycles. The summed E-state index contributed by atoms with van der Waals surface area (Å²) >= 11 is 0. The van der Waals surface area contributed by atoms with Gasteiger partial charge >= 0.3 is 0 Å². The first-order valence-corrected chi connectivity index (χ1v) is 7.76. The summed E-state index contributed by atoms with van der Waals surface area (Å²) in [6, 6.07) is 6.76. The summed E-state index contributed by atoms with van der Waals surface area (Å²) < 4.78 is 0. The Morgan fingerprint density at radius 2 is 2.10 bits per heavy atom. The Bertz CT molecular complexity index is 447. The SMILES string of the molecule is CCC1CN(C)CCCN1C(C)c1cc(C)ccc1O. The van der Waals surface area contributed by atoms with E-state index in [9.17, 15) is 5.11 Å². The fourth-order valence-corrected chi connectivity index (χ4v) is 3.32. The van der Waals surface area contributed by atoms with Crippen molar-refractivity contribution in [3.05, 3.63) is 29.3 Å². The highest BCUT2D eigenvalue weighted by Gasteiger charge is 2.27. The van der Waals surface area contributed by atoms with Crippen LogP contribution in [0.4, 0.5) is 0 Å². The Kier molecular flexibility index (Phi) is 5.06. The molecule has 2 unspecified atom stereocenters. The van der Waals surface area contributed by atoms with Gasteiger partial charge in [0.25, 0.3) is 0 Å². The fraction of sp³-hybridized carbons (Fsp3) is 0.647. The zero-order chi connectivity index (χ0) is 14.7. The standard InChI is InChI=1S/C17H28N2O/c1-5-15-12-18(4)9-6-10-19(15)14(3)16-11-13(2)7-8-17(16)20/h7-8,11,14-15,20H,5-6,9-10,12H2,1-4H3. The van der Waals surface area contributed by atoms with Gasteiger partial charge in [0.05, 0.1) is 0 Å². The van der Waals surface area contributed by atoms with Gasteiger partial charge in [0.1, 0.15) is 5.75 Å². The Morgan fingerprint density at radius 1 is 1.35 bits per heavy atom. The molecule has 1 N–H and O–H groups in total. The first-order chi connectivity index (χ1) is 9.52. The lowest BCUT2D eigenvalue weighted by Crippen LogP contribution is -2.41. The third kappa shape index (κ3) is 3.33. The highest BCUT2D eigenvalue weighted by atomic mass is 16.3. The minimum absolute atomic E-state index is 0.270. The van der Waals surface area contributed by atoms with Crippen LogP contribution in [-0.4, -0.2) is 47.6 Å². The molecule has 1 saturated heterocycles. The quantitative estimate of drug-likeness (QED) is 0.918. The van der Waals surface area contributed by atoms with Gasteiger partial charge < -0.3 is 10.0 Å². The van der Waals surface area contributed by atoms with Gasteiger partial charge in [-0.2, -0.15) is 0 Å². The Balaban J connectivity index is 2.25. The third-order valence-electron chi connectivity index (χ3n) is 4.55. The van der Waals surface area contributed by atoms with Crippen LogP contribution in [0, 0.1) is 6.92 Å². The van der Waals surface area contributed by atoms with Crippen molar-refractivity contribution >= 4 is 0 Å². The fourth-order valence-electron chi connectivity index (χ4n) is 3.32. The maximum absolute atomic E-state index is 10.2. The molecule has 1 fully saturated rings. The van der Waals surface area contributed by atoms with E-state index in [4.69, 9.17) is 0 Å². The van der Waals surface area contributed by atoms with E-state index in [0.717, 1.165) is 25.1 Å². The molecule has 1 heterocycles. The highest BCUT2D eigenvalue weighted by Crippen LogP contribution is 2.32. The van der Waals surface area contributed by atoms with E-state index < -0.39 is 0 Å². The number of phenols is 1. The summed E-state index contributed by atoms with van der Waals surface area (Å²) in [5.74, 6) is 0.426. The van der Waals surface area contributed by atoms with Gasteiger partial charge in [0.2, 0.25) is 0 Å². The number of hydrogen-bond acceptors (Lipinski definition) is 3. The van der Waals surface area contributed by atoms with Gasteiger partial charge in [0.15, 0.2) is 0 Å². The van der Waals surface area contributed by atoms with E-state index in [1.807, 2.05) is 12.1 Å². The molecule has 2 atom stereocenters. The lowest BCUT2D eigenvalue weighted by atomic mass is 10.0. The van der Waals surface area contributed by atoms with Gasteiger partial charge in [0, 0.05) is 30.7 Å². The van der Waals surface area contributed by atoms with Crippen LogP contribution >= 0.6 is 0 Å². The van der Waals surface area contributed by atoms with E-state index in [1.54, 1.807) is 0 Å². The van der Waals surface area contributed by atoms with Crippen molar-refractivity contribution in [3.63, 3.8) is 0 Å². The van der Waals surface area contributed by atoms with Crippen LogP contribution in [-0.2, 0) is 0 Å². The minimum Gasteiger partial charge on any atom is -0.508 e. The normalized spacial score (nSPS) is 23.5. The summed E-state index contributed by atoms with van der Waals surface area (Å²) in [6.07, 6.45) is 2.35. The van der Waals surface area contributed by atoms with Crippen LogP contribution in [0.1, 0.15) is 43.9 Å². The zero-order valence-electron chi connectivity index (χ0n) is 13.3. The molecule has 0 bridgehead atoms.